The summed E-state index contributed by atoms with van der Waals surface area (Å²) in [5.41, 5.74) is 0.0539. The van der Waals surface area contributed by atoms with Crippen molar-refractivity contribution >= 4 is 0 Å². The van der Waals surface area contributed by atoms with Gasteiger partial charge in [0.1, 0.15) is 0 Å². The summed E-state index contributed by atoms with van der Waals surface area (Å²) in [6.07, 6.45) is 7.01. The lowest BCUT2D eigenvalue weighted by Gasteiger charge is -2.48. The van der Waals surface area contributed by atoms with Crippen LogP contribution in [-0.4, -0.2) is 48.0 Å². The molecule has 106 valence electrons. The lowest BCUT2D eigenvalue weighted by Crippen LogP contribution is -2.60. The van der Waals surface area contributed by atoms with Gasteiger partial charge in [-0.3, -0.25) is 4.90 Å². The molecule has 0 spiro atoms. The van der Waals surface area contributed by atoms with Crippen molar-refractivity contribution in [1.29, 1.82) is 0 Å². The molecule has 2 fully saturated rings. The topological polar surface area (TPSA) is 32.7 Å². The zero-order valence-electron chi connectivity index (χ0n) is 12.0. The van der Waals surface area contributed by atoms with E-state index in [9.17, 15) is 5.11 Å². The van der Waals surface area contributed by atoms with E-state index in [1.807, 2.05) is 0 Å². The number of hydrogen-bond acceptors (Lipinski definition) is 3. The van der Waals surface area contributed by atoms with Gasteiger partial charge in [0.15, 0.2) is 0 Å². The molecule has 2 rings (SSSR count). The minimum atomic E-state index is -0.168. The highest BCUT2D eigenvalue weighted by Crippen LogP contribution is 2.41. The van der Waals surface area contributed by atoms with Crippen LogP contribution in [0.4, 0.5) is 0 Å². The molecule has 1 aliphatic heterocycles. The Bertz CT molecular complexity index is 245. The predicted octanol–water partition coefficient (Wildman–Crippen LogP) is 2.43. The minimum absolute atomic E-state index is 0.0539. The molecular formula is C15H29NO2. The van der Waals surface area contributed by atoms with Crippen molar-refractivity contribution in [2.75, 3.05) is 26.3 Å². The molecule has 1 saturated heterocycles. The lowest BCUT2D eigenvalue weighted by molar-refractivity contribution is -0.0928. The van der Waals surface area contributed by atoms with Crippen LogP contribution in [0.5, 0.6) is 0 Å². The zero-order valence-corrected chi connectivity index (χ0v) is 12.0. The average Bonchev–Trinajstić information content (AvgIpc) is 2.90. The summed E-state index contributed by atoms with van der Waals surface area (Å²) in [7, 11) is 0. The first-order valence-corrected chi connectivity index (χ1v) is 7.71. The van der Waals surface area contributed by atoms with E-state index in [1.165, 1.54) is 25.7 Å². The van der Waals surface area contributed by atoms with Crippen LogP contribution in [-0.2, 0) is 4.74 Å². The van der Waals surface area contributed by atoms with E-state index in [4.69, 9.17) is 4.74 Å². The summed E-state index contributed by atoms with van der Waals surface area (Å²) in [4.78, 5) is 2.53. The molecule has 1 N–H and O–H groups in total. The summed E-state index contributed by atoms with van der Waals surface area (Å²) in [5.74, 6) is 0.413. The summed E-state index contributed by atoms with van der Waals surface area (Å²) in [6, 6.07) is 0. The Morgan fingerprint density at radius 1 is 1.22 bits per heavy atom. The highest BCUT2D eigenvalue weighted by molar-refractivity contribution is 5.02. The van der Waals surface area contributed by atoms with Crippen LogP contribution in [0.2, 0.25) is 0 Å². The van der Waals surface area contributed by atoms with E-state index in [2.05, 4.69) is 18.7 Å². The number of nitrogens with zero attached hydrogens (tertiary/aromatic N) is 1. The number of hydrogen-bond donors (Lipinski definition) is 1. The number of morpholine rings is 1. The van der Waals surface area contributed by atoms with Gasteiger partial charge in [0.05, 0.1) is 19.3 Å². The zero-order chi connectivity index (χ0) is 13.0. The van der Waals surface area contributed by atoms with Crippen LogP contribution in [0.1, 0.15) is 52.4 Å². The second kappa shape index (κ2) is 6.36. The highest BCUT2D eigenvalue weighted by Gasteiger charge is 2.47. The maximum absolute atomic E-state index is 10.9. The van der Waals surface area contributed by atoms with Gasteiger partial charge >= 0.3 is 0 Å². The van der Waals surface area contributed by atoms with Crippen LogP contribution >= 0.6 is 0 Å². The van der Waals surface area contributed by atoms with Crippen molar-refractivity contribution in [2.45, 2.75) is 64.0 Å². The van der Waals surface area contributed by atoms with Crippen molar-refractivity contribution in [3.8, 4) is 0 Å². The molecule has 2 atom stereocenters. The molecular weight excluding hydrogens is 226 g/mol. The van der Waals surface area contributed by atoms with E-state index in [0.717, 1.165) is 39.1 Å². The molecule has 0 bridgehead atoms. The fraction of sp³-hybridized carbons (Fsp3) is 1.00. The van der Waals surface area contributed by atoms with E-state index >= 15 is 0 Å². The van der Waals surface area contributed by atoms with Gasteiger partial charge in [-0.05, 0) is 25.2 Å². The van der Waals surface area contributed by atoms with Gasteiger partial charge in [-0.25, -0.2) is 0 Å². The van der Waals surface area contributed by atoms with Crippen LogP contribution < -0.4 is 0 Å². The average molecular weight is 255 g/mol. The maximum Gasteiger partial charge on any atom is 0.0749 e. The second-order valence-electron chi connectivity index (χ2n) is 6.12. The van der Waals surface area contributed by atoms with Crippen LogP contribution in [0.3, 0.4) is 0 Å². The third-order valence-corrected chi connectivity index (χ3v) is 4.94. The van der Waals surface area contributed by atoms with Crippen molar-refractivity contribution in [3.63, 3.8) is 0 Å². The molecule has 1 heterocycles. The van der Waals surface area contributed by atoms with Crippen LogP contribution in [0.15, 0.2) is 0 Å². The minimum Gasteiger partial charge on any atom is -0.391 e. The molecule has 3 heteroatoms. The summed E-state index contributed by atoms with van der Waals surface area (Å²) < 4.78 is 5.47. The fourth-order valence-electron chi connectivity index (χ4n) is 3.94. The monoisotopic (exact) mass is 255 g/mol. The third-order valence-electron chi connectivity index (χ3n) is 4.94. The van der Waals surface area contributed by atoms with Crippen molar-refractivity contribution < 1.29 is 9.84 Å². The molecule has 2 unspecified atom stereocenters. The molecule has 0 amide bonds. The van der Waals surface area contributed by atoms with E-state index in [-0.39, 0.29) is 11.6 Å². The summed E-state index contributed by atoms with van der Waals surface area (Å²) in [6.45, 7) is 8.08. The Labute approximate surface area is 112 Å². The van der Waals surface area contributed by atoms with Gasteiger partial charge in [-0.1, -0.05) is 33.1 Å². The predicted molar refractivity (Wildman–Crippen MR) is 73.7 cm³/mol. The molecule has 2 aliphatic rings. The van der Waals surface area contributed by atoms with Gasteiger partial charge in [0.2, 0.25) is 0 Å². The quantitative estimate of drug-likeness (QED) is 0.819. The third kappa shape index (κ3) is 2.73. The first kappa shape index (κ1) is 14.3. The number of ether oxygens (including phenoxy) is 1. The van der Waals surface area contributed by atoms with Crippen molar-refractivity contribution in [2.24, 2.45) is 5.92 Å². The summed E-state index contributed by atoms with van der Waals surface area (Å²) >= 11 is 0. The summed E-state index contributed by atoms with van der Waals surface area (Å²) in [5, 5.41) is 10.9. The standard InChI is InChI=1S/C15H29NO2/c1-3-6-13(2)14(17)15(7-4-5-8-15)16-9-11-18-12-10-16/h13-14,17H,3-12H2,1-2H3. The van der Waals surface area contributed by atoms with Gasteiger partial charge in [0.25, 0.3) is 0 Å². The molecule has 0 radical (unpaired) electrons. The Morgan fingerprint density at radius 2 is 1.83 bits per heavy atom. The molecule has 0 aromatic heterocycles. The van der Waals surface area contributed by atoms with Gasteiger partial charge in [0, 0.05) is 18.6 Å². The number of rotatable bonds is 5. The van der Waals surface area contributed by atoms with Gasteiger partial charge in [-0.2, -0.15) is 0 Å². The number of aliphatic hydroxyl groups excluding tert-OH is 1. The van der Waals surface area contributed by atoms with Gasteiger partial charge < -0.3 is 9.84 Å². The SMILES string of the molecule is CCCC(C)C(O)C1(N2CCOCC2)CCCC1. The molecule has 0 aromatic carbocycles. The lowest BCUT2D eigenvalue weighted by atomic mass is 9.80. The van der Waals surface area contributed by atoms with Crippen LogP contribution in [0.25, 0.3) is 0 Å². The van der Waals surface area contributed by atoms with Crippen LogP contribution in [0, 0.1) is 5.92 Å². The first-order valence-electron chi connectivity index (χ1n) is 7.71. The number of aliphatic hydroxyl groups is 1. The molecule has 1 saturated carbocycles. The van der Waals surface area contributed by atoms with E-state index in [0.29, 0.717) is 5.92 Å². The Hall–Kier alpha value is -0.120. The molecule has 1 aliphatic carbocycles. The van der Waals surface area contributed by atoms with Crippen molar-refractivity contribution in [1.82, 2.24) is 4.90 Å². The Kier molecular flexibility index (Phi) is 5.05. The molecule has 0 aromatic rings. The normalized spacial score (nSPS) is 28.2. The molecule has 18 heavy (non-hydrogen) atoms. The largest absolute Gasteiger partial charge is 0.391 e. The van der Waals surface area contributed by atoms with E-state index < -0.39 is 0 Å². The fourth-order valence-corrected chi connectivity index (χ4v) is 3.94. The Morgan fingerprint density at radius 3 is 2.39 bits per heavy atom. The maximum atomic E-state index is 10.9. The first-order chi connectivity index (χ1) is 8.70. The van der Waals surface area contributed by atoms with Gasteiger partial charge in [-0.15, -0.1) is 0 Å². The second-order valence-corrected chi connectivity index (χ2v) is 6.12. The Balaban J connectivity index is 2.09. The van der Waals surface area contributed by atoms with Crippen molar-refractivity contribution in [3.05, 3.63) is 0 Å². The molecule has 3 nitrogen and oxygen atoms in total. The smallest absolute Gasteiger partial charge is 0.0749 e. The highest BCUT2D eigenvalue weighted by atomic mass is 16.5. The van der Waals surface area contributed by atoms with E-state index in [1.54, 1.807) is 0 Å².